The fourth-order valence-corrected chi connectivity index (χ4v) is 2.95. The summed E-state index contributed by atoms with van der Waals surface area (Å²) in [4.78, 5) is 14.5. The molecule has 0 spiro atoms. The van der Waals surface area contributed by atoms with Gasteiger partial charge in [-0.15, -0.1) is 0 Å². The Morgan fingerprint density at radius 3 is 2.38 bits per heavy atom. The highest BCUT2D eigenvalue weighted by atomic mass is 19.1. The minimum absolute atomic E-state index is 0.0328. The van der Waals surface area contributed by atoms with E-state index in [9.17, 15) is 23.1 Å². The monoisotopic (exact) mass is 333 g/mol. The fraction of sp³-hybridized carbons (Fsp3) is 0.167. The molecule has 0 fully saturated rings. The first kappa shape index (κ1) is 16.1. The Kier molecular flexibility index (Phi) is 4.05. The summed E-state index contributed by atoms with van der Waals surface area (Å²) < 4.78 is 40.9. The maximum atomic E-state index is 14.1. The number of aromatic amines is 1. The van der Waals surface area contributed by atoms with Gasteiger partial charge in [0, 0.05) is 11.5 Å². The molecule has 0 amide bonds. The van der Waals surface area contributed by atoms with E-state index in [1.165, 1.54) is 24.3 Å². The molecule has 0 radical (unpaired) electrons. The molecule has 0 aliphatic heterocycles. The van der Waals surface area contributed by atoms with Crippen molar-refractivity contribution in [1.82, 2.24) is 4.98 Å². The van der Waals surface area contributed by atoms with Gasteiger partial charge in [0.25, 0.3) is 0 Å². The van der Waals surface area contributed by atoms with Crippen molar-refractivity contribution in [2.24, 2.45) is 0 Å². The number of rotatable bonds is 4. The molecular formula is C18H14F3NO2. The third-order valence-corrected chi connectivity index (χ3v) is 4.05. The van der Waals surface area contributed by atoms with E-state index < -0.39 is 29.3 Å². The van der Waals surface area contributed by atoms with Crippen LogP contribution in [0.2, 0.25) is 0 Å². The molecule has 0 bridgehead atoms. The van der Waals surface area contributed by atoms with Gasteiger partial charge >= 0.3 is 5.97 Å². The molecule has 0 saturated carbocycles. The average molecular weight is 333 g/mol. The van der Waals surface area contributed by atoms with E-state index in [-0.39, 0.29) is 17.3 Å². The summed E-state index contributed by atoms with van der Waals surface area (Å²) in [5, 5.41) is 9.68. The Bertz CT molecular complexity index is 916. The van der Waals surface area contributed by atoms with E-state index in [4.69, 9.17) is 0 Å². The highest BCUT2D eigenvalue weighted by molar-refractivity contribution is 5.96. The van der Waals surface area contributed by atoms with Gasteiger partial charge in [0.2, 0.25) is 0 Å². The van der Waals surface area contributed by atoms with Crippen LogP contribution in [0.5, 0.6) is 0 Å². The molecule has 2 N–H and O–H groups in total. The Hall–Kier alpha value is -2.76. The SMILES string of the molecule is CCC(C(=O)O)c1c(-c2ccc(F)cc2)[nH]c2c(F)cc(F)cc12. The van der Waals surface area contributed by atoms with Gasteiger partial charge in [0.05, 0.1) is 17.1 Å². The summed E-state index contributed by atoms with van der Waals surface area (Å²) in [5.74, 6) is -4.07. The van der Waals surface area contributed by atoms with Gasteiger partial charge in [-0.25, -0.2) is 13.2 Å². The Labute approximate surface area is 135 Å². The maximum absolute atomic E-state index is 14.1. The lowest BCUT2D eigenvalue weighted by Gasteiger charge is -2.12. The van der Waals surface area contributed by atoms with Crippen LogP contribution in [0.25, 0.3) is 22.2 Å². The first-order valence-electron chi connectivity index (χ1n) is 7.41. The molecule has 1 atom stereocenters. The van der Waals surface area contributed by atoms with Gasteiger partial charge in [0.1, 0.15) is 17.5 Å². The maximum Gasteiger partial charge on any atom is 0.311 e. The molecule has 3 rings (SSSR count). The molecule has 3 nitrogen and oxygen atoms in total. The highest BCUT2D eigenvalue weighted by Gasteiger charge is 2.27. The minimum atomic E-state index is -1.09. The number of carboxylic acid groups (broad SMARTS) is 1. The van der Waals surface area contributed by atoms with Crippen LogP contribution in [0.15, 0.2) is 36.4 Å². The molecule has 1 heterocycles. The first-order valence-corrected chi connectivity index (χ1v) is 7.41. The summed E-state index contributed by atoms with van der Waals surface area (Å²) in [6.07, 6.45) is 0.245. The first-order chi connectivity index (χ1) is 11.4. The zero-order chi connectivity index (χ0) is 17.4. The van der Waals surface area contributed by atoms with Gasteiger partial charge in [-0.3, -0.25) is 4.79 Å². The number of hydrogen-bond donors (Lipinski definition) is 2. The van der Waals surface area contributed by atoms with Crippen LogP contribution in [0.4, 0.5) is 13.2 Å². The van der Waals surface area contributed by atoms with Crippen LogP contribution in [-0.4, -0.2) is 16.1 Å². The summed E-state index contributed by atoms with van der Waals surface area (Å²) >= 11 is 0. The molecular weight excluding hydrogens is 319 g/mol. The van der Waals surface area contributed by atoms with Gasteiger partial charge in [-0.2, -0.15) is 0 Å². The summed E-state index contributed by atoms with van der Waals surface area (Å²) in [5.41, 5.74) is 1.18. The number of carbonyl (C=O) groups is 1. The van der Waals surface area contributed by atoms with Crippen LogP contribution in [-0.2, 0) is 4.79 Å². The molecule has 0 aliphatic rings. The van der Waals surface area contributed by atoms with Crippen molar-refractivity contribution in [3.05, 3.63) is 59.4 Å². The normalized spacial score (nSPS) is 12.5. The lowest BCUT2D eigenvalue weighted by Crippen LogP contribution is -2.11. The van der Waals surface area contributed by atoms with Crippen molar-refractivity contribution >= 4 is 16.9 Å². The second-order valence-corrected chi connectivity index (χ2v) is 5.53. The number of hydrogen-bond acceptors (Lipinski definition) is 1. The zero-order valence-electron chi connectivity index (χ0n) is 12.7. The van der Waals surface area contributed by atoms with Crippen molar-refractivity contribution in [2.75, 3.05) is 0 Å². The number of nitrogens with one attached hydrogen (secondary N) is 1. The van der Waals surface area contributed by atoms with Crippen molar-refractivity contribution in [2.45, 2.75) is 19.3 Å². The molecule has 124 valence electrons. The van der Waals surface area contributed by atoms with E-state index in [1.807, 2.05) is 0 Å². The molecule has 24 heavy (non-hydrogen) atoms. The number of halogens is 3. The number of H-pyrrole nitrogens is 1. The van der Waals surface area contributed by atoms with Crippen LogP contribution < -0.4 is 0 Å². The Morgan fingerprint density at radius 1 is 1.12 bits per heavy atom. The van der Waals surface area contributed by atoms with Crippen LogP contribution >= 0.6 is 0 Å². The molecule has 2 aromatic carbocycles. The highest BCUT2D eigenvalue weighted by Crippen LogP contribution is 2.38. The molecule has 6 heteroatoms. The predicted octanol–water partition coefficient (Wildman–Crippen LogP) is 4.83. The number of aliphatic carboxylic acids is 1. The standard InChI is InChI=1S/C18H14F3NO2/c1-2-12(18(23)24)15-13-7-11(20)8-14(21)17(13)22-16(15)9-3-5-10(19)6-4-9/h3-8,12,22H,2H2,1H3,(H,23,24). The molecule has 1 unspecified atom stereocenters. The van der Waals surface area contributed by atoms with Crippen molar-refractivity contribution in [1.29, 1.82) is 0 Å². The van der Waals surface area contributed by atoms with Crippen LogP contribution in [0, 0.1) is 17.5 Å². The topological polar surface area (TPSA) is 53.1 Å². The van der Waals surface area contributed by atoms with E-state index in [0.717, 1.165) is 12.1 Å². The lowest BCUT2D eigenvalue weighted by molar-refractivity contribution is -0.138. The molecule has 0 saturated heterocycles. The molecule has 1 aromatic heterocycles. The van der Waals surface area contributed by atoms with E-state index in [1.54, 1.807) is 6.92 Å². The lowest BCUT2D eigenvalue weighted by atomic mass is 9.91. The van der Waals surface area contributed by atoms with Gasteiger partial charge in [-0.1, -0.05) is 6.92 Å². The zero-order valence-corrected chi connectivity index (χ0v) is 12.7. The summed E-state index contributed by atoms with van der Waals surface area (Å²) in [7, 11) is 0. The van der Waals surface area contributed by atoms with Gasteiger partial charge in [0.15, 0.2) is 0 Å². The second kappa shape index (κ2) is 6.03. The minimum Gasteiger partial charge on any atom is -0.481 e. The van der Waals surface area contributed by atoms with E-state index >= 15 is 0 Å². The quantitative estimate of drug-likeness (QED) is 0.718. The Morgan fingerprint density at radius 2 is 1.79 bits per heavy atom. The third-order valence-electron chi connectivity index (χ3n) is 4.05. The van der Waals surface area contributed by atoms with Crippen LogP contribution in [0.3, 0.4) is 0 Å². The van der Waals surface area contributed by atoms with Crippen LogP contribution in [0.1, 0.15) is 24.8 Å². The second-order valence-electron chi connectivity index (χ2n) is 5.53. The van der Waals surface area contributed by atoms with E-state index in [0.29, 0.717) is 16.8 Å². The third kappa shape index (κ3) is 2.64. The average Bonchev–Trinajstić information content (AvgIpc) is 2.88. The van der Waals surface area contributed by atoms with E-state index in [2.05, 4.69) is 4.98 Å². The van der Waals surface area contributed by atoms with Crippen molar-refractivity contribution in [3.63, 3.8) is 0 Å². The number of carboxylic acids is 1. The number of fused-ring (bicyclic) bond motifs is 1. The number of benzene rings is 2. The fourth-order valence-electron chi connectivity index (χ4n) is 2.95. The number of aromatic nitrogens is 1. The van der Waals surface area contributed by atoms with Crippen molar-refractivity contribution in [3.8, 4) is 11.3 Å². The molecule has 3 aromatic rings. The van der Waals surface area contributed by atoms with Gasteiger partial charge < -0.3 is 10.1 Å². The predicted molar refractivity (Wildman–Crippen MR) is 84.3 cm³/mol. The van der Waals surface area contributed by atoms with Gasteiger partial charge in [-0.05, 0) is 47.9 Å². The van der Waals surface area contributed by atoms with Crippen molar-refractivity contribution < 1.29 is 23.1 Å². The summed E-state index contributed by atoms with van der Waals surface area (Å²) in [6.45, 7) is 1.68. The Balaban J connectivity index is 2.37. The summed E-state index contributed by atoms with van der Waals surface area (Å²) in [6, 6.07) is 7.23. The molecule has 0 aliphatic carbocycles. The smallest absolute Gasteiger partial charge is 0.311 e. The largest absolute Gasteiger partial charge is 0.481 e.